The second kappa shape index (κ2) is 14.6. The van der Waals surface area contributed by atoms with E-state index in [1.165, 1.54) is 15.3 Å². The number of imide groups is 1. The van der Waals surface area contributed by atoms with E-state index in [2.05, 4.69) is 36.4 Å². The molecule has 2 aliphatic heterocycles. The van der Waals surface area contributed by atoms with Crippen LogP contribution in [0, 0.1) is 0 Å². The Balaban J connectivity index is 0.833. The number of anilines is 1. The second-order valence-electron chi connectivity index (χ2n) is 14.5. The van der Waals surface area contributed by atoms with Crippen molar-refractivity contribution in [3.8, 4) is 11.3 Å². The molecule has 3 fully saturated rings. The van der Waals surface area contributed by atoms with E-state index in [0.717, 1.165) is 42.3 Å². The number of hydrogen-bond donors (Lipinski definition) is 4. The number of unbranched alkanes of at least 4 members (excludes halogenated alkanes) is 1. The lowest BCUT2D eigenvalue weighted by atomic mass is 10.0. The molecule has 17 nitrogen and oxygen atoms in total. The van der Waals surface area contributed by atoms with Crippen LogP contribution in [0.25, 0.3) is 27.9 Å². The number of benzene rings is 1. The van der Waals surface area contributed by atoms with E-state index in [1.54, 1.807) is 24.9 Å². The fourth-order valence-corrected chi connectivity index (χ4v) is 7.71. The standard InChI is InChI=1S/C37H43FN12O5/c1-39-27-17-25(45-50-30(19-41-33(27)50)35(53)43-26-16-24(26)38)22-18-42-48(20-22)23-11-14-47(15-12-23)36(54)40-13-4-3-6-21-7-5-8-28-32(21)46(2)37(55)49(28)29-9-10-31(51)44-34(29)52/h5,7-8,17-20,23-24,26,29,39H,3-4,6,9-16H2,1-2H3,(H,40,54)(H,43,53)(H,44,51,52)/t24-,26+,29?/m0/s1. The van der Waals surface area contributed by atoms with E-state index in [4.69, 9.17) is 0 Å². The highest BCUT2D eigenvalue weighted by molar-refractivity contribution is 6.00. The molecule has 3 atom stereocenters. The molecule has 0 spiro atoms. The van der Waals surface area contributed by atoms with Crippen molar-refractivity contribution in [1.29, 1.82) is 0 Å². The summed E-state index contributed by atoms with van der Waals surface area (Å²) in [7, 11) is 3.46. The topological polar surface area (TPSA) is 195 Å². The number of urea groups is 1. The number of halogens is 1. The first-order chi connectivity index (χ1) is 26.6. The maximum Gasteiger partial charge on any atom is 0.329 e. The van der Waals surface area contributed by atoms with Crippen molar-refractivity contribution in [3.05, 3.63) is 64.6 Å². The quantitative estimate of drug-likeness (QED) is 0.116. The fraction of sp³-hybridized carbons (Fsp3) is 0.459. The minimum atomic E-state index is -1.02. The lowest BCUT2D eigenvalue weighted by Crippen LogP contribution is -2.45. The van der Waals surface area contributed by atoms with Crippen LogP contribution in [0.1, 0.15) is 73.1 Å². The summed E-state index contributed by atoms with van der Waals surface area (Å²) < 4.78 is 19.9. The van der Waals surface area contributed by atoms with Crippen LogP contribution in [0.3, 0.4) is 0 Å². The molecule has 1 aliphatic carbocycles. The third-order valence-corrected chi connectivity index (χ3v) is 10.9. The molecule has 6 heterocycles. The molecule has 1 aromatic carbocycles. The van der Waals surface area contributed by atoms with E-state index >= 15 is 0 Å². The Labute approximate surface area is 314 Å². The predicted octanol–water partition coefficient (Wildman–Crippen LogP) is 2.48. The monoisotopic (exact) mass is 754 g/mol. The fourth-order valence-electron chi connectivity index (χ4n) is 7.71. The lowest BCUT2D eigenvalue weighted by molar-refractivity contribution is -0.135. The van der Waals surface area contributed by atoms with Gasteiger partial charge in [0, 0.05) is 58.3 Å². The van der Waals surface area contributed by atoms with Crippen molar-refractivity contribution in [1.82, 2.24) is 54.4 Å². The van der Waals surface area contributed by atoms with Gasteiger partial charge in [-0.2, -0.15) is 10.2 Å². The second-order valence-corrected chi connectivity index (χ2v) is 14.5. The van der Waals surface area contributed by atoms with Crippen LogP contribution < -0.4 is 27.0 Å². The van der Waals surface area contributed by atoms with Crippen LogP contribution in [0.5, 0.6) is 0 Å². The van der Waals surface area contributed by atoms with E-state index in [0.29, 0.717) is 55.0 Å². The molecule has 288 valence electrons. The molecule has 18 heteroatoms. The van der Waals surface area contributed by atoms with Gasteiger partial charge in [-0.15, -0.1) is 0 Å². The molecule has 2 saturated heterocycles. The molecule has 5 amide bonds. The summed E-state index contributed by atoms with van der Waals surface area (Å²) in [6.07, 6.45) is 8.53. The molecular formula is C37H43FN12O5. The van der Waals surface area contributed by atoms with Crippen molar-refractivity contribution < 1.29 is 23.6 Å². The third kappa shape index (κ3) is 6.91. The number of piperidine rings is 2. The number of hydrogen-bond acceptors (Lipinski definition) is 9. The number of aryl methyl sites for hydroxylation is 2. The minimum absolute atomic E-state index is 0.0931. The number of carbonyl (C=O) groups excluding carboxylic acids is 4. The predicted molar refractivity (Wildman–Crippen MR) is 199 cm³/mol. The van der Waals surface area contributed by atoms with Crippen LogP contribution in [-0.4, -0.2) is 101 Å². The zero-order valence-electron chi connectivity index (χ0n) is 30.6. The van der Waals surface area contributed by atoms with Gasteiger partial charge < -0.3 is 20.9 Å². The Hall–Kier alpha value is -6.07. The number of para-hydroxylation sites is 1. The van der Waals surface area contributed by atoms with Crippen LogP contribution in [0.15, 0.2) is 47.7 Å². The summed E-state index contributed by atoms with van der Waals surface area (Å²) in [6.45, 7) is 1.67. The molecule has 0 bridgehead atoms. The molecule has 3 aliphatic rings. The number of imidazole rings is 2. The molecule has 4 aromatic heterocycles. The summed E-state index contributed by atoms with van der Waals surface area (Å²) in [6, 6.07) is 6.31. The van der Waals surface area contributed by atoms with Crippen molar-refractivity contribution in [3.63, 3.8) is 0 Å². The van der Waals surface area contributed by atoms with E-state index in [9.17, 15) is 28.4 Å². The maximum absolute atomic E-state index is 13.4. The first kappa shape index (κ1) is 35.9. The number of nitrogens with zero attached hydrogens (tertiary/aromatic N) is 8. The normalized spacial score (nSPS) is 20.2. The number of fused-ring (bicyclic) bond motifs is 2. The first-order valence-electron chi connectivity index (χ1n) is 18.7. The summed E-state index contributed by atoms with van der Waals surface area (Å²) in [5.74, 6) is -1.22. The number of likely N-dealkylation sites (tertiary alicyclic amines) is 1. The van der Waals surface area contributed by atoms with Gasteiger partial charge in [0.1, 0.15) is 12.2 Å². The minimum Gasteiger partial charge on any atom is -0.385 e. The van der Waals surface area contributed by atoms with E-state index < -0.39 is 30.1 Å². The Morgan fingerprint density at radius 3 is 2.62 bits per heavy atom. The third-order valence-electron chi connectivity index (χ3n) is 10.9. The average Bonchev–Trinajstić information content (AvgIpc) is 3.52. The number of alkyl halides is 1. The molecule has 1 unspecified atom stereocenters. The Morgan fingerprint density at radius 1 is 1.07 bits per heavy atom. The summed E-state index contributed by atoms with van der Waals surface area (Å²) in [4.78, 5) is 69.5. The van der Waals surface area contributed by atoms with Gasteiger partial charge in [0.25, 0.3) is 5.91 Å². The van der Waals surface area contributed by atoms with Crippen LogP contribution in [0.4, 0.5) is 14.9 Å². The van der Waals surface area contributed by atoms with Gasteiger partial charge in [-0.05, 0) is 56.2 Å². The SMILES string of the molecule is CNc1cc(-c2cnn(C3CCN(C(=O)NCCCCc4cccc5c4n(C)c(=O)n5C4CCC(=O)NC4=O)CC3)c2)nn2c(C(=O)N[C@@H]3C[C@@H]3F)cnc12. The molecule has 8 rings (SSSR count). The highest BCUT2D eigenvalue weighted by Gasteiger charge is 2.39. The highest BCUT2D eigenvalue weighted by atomic mass is 19.1. The largest absolute Gasteiger partial charge is 0.385 e. The van der Waals surface area contributed by atoms with Gasteiger partial charge >= 0.3 is 11.7 Å². The van der Waals surface area contributed by atoms with Gasteiger partial charge in [0.2, 0.25) is 11.8 Å². The summed E-state index contributed by atoms with van der Waals surface area (Å²) in [5.41, 5.74) is 4.85. The lowest BCUT2D eigenvalue weighted by Gasteiger charge is -2.32. The van der Waals surface area contributed by atoms with Crippen LogP contribution >= 0.6 is 0 Å². The van der Waals surface area contributed by atoms with Crippen molar-refractivity contribution in [2.24, 2.45) is 7.05 Å². The van der Waals surface area contributed by atoms with Crippen LogP contribution in [-0.2, 0) is 23.1 Å². The van der Waals surface area contributed by atoms with Crippen LogP contribution in [0.2, 0.25) is 0 Å². The Kier molecular flexibility index (Phi) is 9.56. The van der Waals surface area contributed by atoms with Gasteiger partial charge in [0.05, 0.1) is 46.9 Å². The summed E-state index contributed by atoms with van der Waals surface area (Å²) in [5, 5.41) is 20.5. The van der Waals surface area contributed by atoms with Gasteiger partial charge in [0.15, 0.2) is 11.3 Å². The van der Waals surface area contributed by atoms with Gasteiger partial charge in [-0.3, -0.25) is 33.5 Å². The van der Waals surface area contributed by atoms with E-state index in [-0.39, 0.29) is 42.2 Å². The van der Waals surface area contributed by atoms with Crippen molar-refractivity contribution in [2.75, 3.05) is 32.0 Å². The smallest absolute Gasteiger partial charge is 0.329 e. The number of aromatic nitrogens is 7. The Morgan fingerprint density at radius 2 is 1.87 bits per heavy atom. The first-order valence-corrected chi connectivity index (χ1v) is 18.7. The van der Waals surface area contributed by atoms with Crippen molar-refractivity contribution in [2.45, 2.75) is 75.7 Å². The highest BCUT2D eigenvalue weighted by Crippen LogP contribution is 2.29. The summed E-state index contributed by atoms with van der Waals surface area (Å²) >= 11 is 0. The number of carbonyl (C=O) groups is 4. The average molecular weight is 755 g/mol. The van der Waals surface area contributed by atoms with E-state index in [1.807, 2.05) is 40.0 Å². The van der Waals surface area contributed by atoms with Gasteiger partial charge in [-0.25, -0.2) is 23.5 Å². The molecule has 55 heavy (non-hydrogen) atoms. The Bertz CT molecular complexity index is 2370. The molecule has 0 radical (unpaired) electrons. The number of nitrogens with one attached hydrogen (secondary N) is 4. The number of rotatable bonds is 11. The molecule has 5 aromatic rings. The van der Waals surface area contributed by atoms with Crippen molar-refractivity contribution >= 4 is 46.1 Å². The number of amides is 5. The molecule has 4 N–H and O–H groups in total. The van der Waals surface area contributed by atoms with Gasteiger partial charge in [-0.1, -0.05) is 12.1 Å². The molecule has 1 saturated carbocycles. The zero-order chi connectivity index (χ0) is 38.4. The molecular weight excluding hydrogens is 711 g/mol. The maximum atomic E-state index is 13.4. The zero-order valence-corrected chi connectivity index (χ0v) is 30.6.